The molecule has 0 atom stereocenters. The summed E-state index contributed by atoms with van der Waals surface area (Å²) in [6.07, 6.45) is 9.41. The summed E-state index contributed by atoms with van der Waals surface area (Å²) >= 11 is 0. The van der Waals surface area contributed by atoms with Gasteiger partial charge < -0.3 is 15.7 Å². The Labute approximate surface area is 185 Å². The number of hydrogen-bond acceptors (Lipinski definition) is 5. The van der Waals surface area contributed by atoms with Crippen LogP contribution in [-0.4, -0.2) is 37.9 Å². The van der Waals surface area contributed by atoms with Gasteiger partial charge in [-0.15, -0.1) is 0 Å². The molecule has 0 radical (unpaired) electrons. The molecule has 3 aromatic rings. The summed E-state index contributed by atoms with van der Waals surface area (Å²) in [5.41, 5.74) is 2.80. The molecule has 2 amide bonds. The molecular formula is C24H25N5O3. The molecule has 2 fully saturated rings. The number of nitrogens with one attached hydrogen (secondary N) is 2. The highest BCUT2D eigenvalue weighted by Crippen LogP contribution is 2.38. The second kappa shape index (κ2) is 8.45. The highest BCUT2D eigenvalue weighted by Gasteiger charge is 2.29. The monoisotopic (exact) mass is 431 g/mol. The fourth-order valence-electron chi connectivity index (χ4n) is 4.18. The van der Waals surface area contributed by atoms with E-state index in [-0.39, 0.29) is 29.6 Å². The number of rotatable bonds is 5. The molecule has 8 nitrogen and oxygen atoms in total. The van der Waals surface area contributed by atoms with E-state index in [1.807, 2.05) is 6.07 Å². The Kier molecular flexibility index (Phi) is 5.34. The van der Waals surface area contributed by atoms with Crippen molar-refractivity contribution < 1.29 is 14.7 Å². The van der Waals surface area contributed by atoms with Crippen molar-refractivity contribution in [2.75, 3.05) is 5.32 Å². The molecule has 164 valence electrons. The molecule has 2 heterocycles. The second-order valence-corrected chi connectivity index (χ2v) is 8.50. The van der Waals surface area contributed by atoms with Crippen molar-refractivity contribution in [3.05, 3.63) is 60.0 Å². The van der Waals surface area contributed by atoms with Crippen molar-refractivity contribution in [1.29, 1.82) is 0 Å². The van der Waals surface area contributed by atoms with Crippen molar-refractivity contribution >= 4 is 17.6 Å². The predicted octanol–water partition coefficient (Wildman–Crippen LogP) is 4.28. The Hall–Kier alpha value is -3.68. The maximum absolute atomic E-state index is 12.8. The summed E-state index contributed by atoms with van der Waals surface area (Å²) in [7, 11) is 0. The molecule has 3 N–H and O–H groups in total. The summed E-state index contributed by atoms with van der Waals surface area (Å²) in [5, 5.41) is 20.9. The van der Waals surface area contributed by atoms with Gasteiger partial charge in [0, 0.05) is 35.6 Å². The fourth-order valence-corrected chi connectivity index (χ4v) is 4.18. The Morgan fingerprint density at radius 1 is 1.06 bits per heavy atom. The number of pyridine rings is 1. The molecule has 2 aromatic heterocycles. The zero-order chi connectivity index (χ0) is 22.1. The topological polar surface area (TPSA) is 109 Å². The number of phenols is 1. The van der Waals surface area contributed by atoms with Crippen molar-refractivity contribution in [2.45, 2.75) is 50.5 Å². The Bertz CT molecular complexity index is 1150. The third kappa shape index (κ3) is 4.21. The van der Waals surface area contributed by atoms with Crippen LogP contribution in [-0.2, 0) is 0 Å². The van der Waals surface area contributed by atoms with Crippen LogP contribution >= 0.6 is 0 Å². The van der Waals surface area contributed by atoms with Crippen LogP contribution in [0.25, 0.3) is 11.3 Å². The SMILES string of the molecule is O=C(Nc1ccc(O)c(-c2cc(C3CCCC3)n(C(=O)NC3CC3)n2)c1)c1cccnc1. The van der Waals surface area contributed by atoms with Gasteiger partial charge in [-0.3, -0.25) is 9.78 Å². The van der Waals surface area contributed by atoms with Gasteiger partial charge in [-0.2, -0.15) is 9.78 Å². The zero-order valence-electron chi connectivity index (χ0n) is 17.6. The molecular weight excluding hydrogens is 406 g/mol. The van der Waals surface area contributed by atoms with E-state index in [2.05, 4.69) is 20.7 Å². The molecule has 0 aliphatic heterocycles. The lowest BCUT2D eigenvalue weighted by Crippen LogP contribution is -2.32. The van der Waals surface area contributed by atoms with E-state index >= 15 is 0 Å². The quantitative estimate of drug-likeness (QED) is 0.523. The average molecular weight is 431 g/mol. The molecule has 0 spiro atoms. The number of aromatic nitrogens is 3. The number of carbonyl (C=O) groups excluding carboxylic acids is 2. The van der Waals surface area contributed by atoms with Crippen LogP contribution in [0.4, 0.5) is 10.5 Å². The number of nitrogens with zero attached hydrogens (tertiary/aromatic N) is 3. The van der Waals surface area contributed by atoms with Crippen LogP contribution in [0.3, 0.4) is 0 Å². The first-order valence-electron chi connectivity index (χ1n) is 11.0. The molecule has 32 heavy (non-hydrogen) atoms. The summed E-state index contributed by atoms with van der Waals surface area (Å²) < 4.78 is 1.46. The summed E-state index contributed by atoms with van der Waals surface area (Å²) in [6.45, 7) is 0. The minimum Gasteiger partial charge on any atom is -0.507 e. The first kappa shape index (κ1) is 20.2. The predicted molar refractivity (Wildman–Crippen MR) is 120 cm³/mol. The van der Waals surface area contributed by atoms with Crippen molar-refractivity contribution in [3.8, 4) is 17.0 Å². The first-order chi connectivity index (χ1) is 15.6. The normalized spacial score (nSPS) is 16.1. The van der Waals surface area contributed by atoms with E-state index in [1.165, 1.54) is 16.9 Å². The molecule has 2 aliphatic carbocycles. The minimum atomic E-state index is -0.296. The van der Waals surface area contributed by atoms with Crippen LogP contribution in [0.5, 0.6) is 5.75 Å². The molecule has 0 bridgehead atoms. The van der Waals surface area contributed by atoms with Crippen LogP contribution in [0.15, 0.2) is 48.8 Å². The van der Waals surface area contributed by atoms with Crippen LogP contribution < -0.4 is 10.6 Å². The van der Waals surface area contributed by atoms with E-state index in [0.717, 1.165) is 44.2 Å². The summed E-state index contributed by atoms with van der Waals surface area (Å²) in [6, 6.07) is 10.1. The Balaban J connectivity index is 1.46. The van der Waals surface area contributed by atoms with E-state index < -0.39 is 0 Å². The molecule has 5 rings (SSSR count). The second-order valence-electron chi connectivity index (χ2n) is 8.50. The van der Waals surface area contributed by atoms with E-state index in [0.29, 0.717) is 22.5 Å². The van der Waals surface area contributed by atoms with E-state index in [1.54, 1.807) is 30.5 Å². The molecule has 2 aliphatic rings. The number of anilines is 1. The Morgan fingerprint density at radius 2 is 1.88 bits per heavy atom. The van der Waals surface area contributed by atoms with Gasteiger partial charge in [0.2, 0.25) is 0 Å². The molecule has 0 unspecified atom stereocenters. The van der Waals surface area contributed by atoms with Crippen LogP contribution in [0.1, 0.15) is 60.5 Å². The summed E-state index contributed by atoms with van der Waals surface area (Å²) in [5.74, 6) is 0.0159. The molecule has 0 saturated heterocycles. The van der Waals surface area contributed by atoms with Crippen molar-refractivity contribution in [3.63, 3.8) is 0 Å². The van der Waals surface area contributed by atoms with Gasteiger partial charge in [0.25, 0.3) is 5.91 Å². The lowest BCUT2D eigenvalue weighted by Gasteiger charge is -2.11. The molecule has 8 heteroatoms. The van der Waals surface area contributed by atoms with Gasteiger partial charge >= 0.3 is 6.03 Å². The zero-order valence-corrected chi connectivity index (χ0v) is 17.6. The Morgan fingerprint density at radius 3 is 2.59 bits per heavy atom. The van der Waals surface area contributed by atoms with E-state index in [9.17, 15) is 14.7 Å². The highest BCUT2D eigenvalue weighted by molar-refractivity contribution is 6.04. The number of aromatic hydroxyl groups is 1. The number of hydrogen-bond donors (Lipinski definition) is 3. The van der Waals surface area contributed by atoms with Gasteiger partial charge in [0.15, 0.2) is 0 Å². The van der Waals surface area contributed by atoms with Crippen LogP contribution in [0.2, 0.25) is 0 Å². The maximum Gasteiger partial charge on any atom is 0.342 e. The standard InChI is InChI=1S/C24H25N5O3/c30-22-10-9-18(26-23(31)16-6-3-11-25-14-16)12-19(22)20-13-21(15-4-1-2-5-15)29(28-20)24(32)27-17-7-8-17/h3,6,9-15,17,30H,1-2,4-5,7-8H2,(H,26,31)(H,27,32). The number of amides is 2. The molecule has 2 saturated carbocycles. The third-order valence-electron chi connectivity index (χ3n) is 6.06. The van der Waals surface area contributed by atoms with Gasteiger partial charge in [0.1, 0.15) is 5.75 Å². The fraction of sp³-hybridized carbons (Fsp3) is 0.333. The minimum absolute atomic E-state index is 0.0367. The lowest BCUT2D eigenvalue weighted by molar-refractivity contribution is 0.102. The molecule has 1 aromatic carbocycles. The van der Waals surface area contributed by atoms with Gasteiger partial charge in [-0.25, -0.2) is 4.79 Å². The summed E-state index contributed by atoms with van der Waals surface area (Å²) in [4.78, 5) is 29.3. The maximum atomic E-state index is 12.8. The van der Waals surface area contributed by atoms with Gasteiger partial charge in [-0.1, -0.05) is 12.8 Å². The van der Waals surface area contributed by atoms with Gasteiger partial charge in [-0.05, 0) is 62.1 Å². The third-order valence-corrected chi connectivity index (χ3v) is 6.06. The first-order valence-corrected chi connectivity index (χ1v) is 11.0. The number of carbonyl (C=O) groups is 2. The largest absolute Gasteiger partial charge is 0.507 e. The van der Waals surface area contributed by atoms with Crippen molar-refractivity contribution in [2.24, 2.45) is 0 Å². The number of phenolic OH excluding ortho intramolecular Hbond substituents is 1. The average Bonchev–Trinajstić information content (AvgIpc) is 3.27. The highest BCUT2D eigenvalue weighted by atomic mass is 16.3. The smallest absolute Gasteiger partial charge is 0.342 e. The number of benzene rings is 1. The van der Waals surface area contributed by atoms with E-state index in [4.69, 9.17) is 0 Å². The lowest BCUT2D eigenvalue weighted by atomic mass is 10.0. The van der Waals surface area contributed by atoms with Gasteiger partial charge in [0.05, 0.1) is 17.0 Å². The van der Waals surface area contributed by atoms with Crippen molar-refractivity contribution in [1.82, 2.24) is 20.1 Å². The van der Waals surface area contributed by atoms with Crippen LogP contribution in [0, 0.1) is 0 Å².